The van der Waals surface area contributed by atoms with E-state index in [2.05, 4.69) is 31.3 Å². The predicted molar refractivity (Wildman–Crippen MR) is 95.6 cm³/mol. The van der Waals surface area contributed by atoms with Crippen molar-refractivity contribution < 1.29 is 14.3 Å². The average Bonchev–Trinajstić information content (AvgIpc) is 2.57. The van der Waals surface area contributed by atoms with E-state index in [1.165, 1.54) is 11.1 Å². The van der Waals surface area contributed by atoms with E-state index in [4.69, 9.17) is 9.47 Å². The smallest absolute Gasteiger partial charge is 0.261 e. The minimum absolute atomic E-state index is 0.0758. The van der Waals surface area contributed by atoms with Gasteiger partial charge in [0.2, 0.25) is 0 Å². The monoisotopic (exact) mass is 327 g/mol. The minimum Gasteiger partial charge on any atom is -0.497 e. The Balaban J connectivity index is 1.98. The van der Waals surface area contributed by atoms with Crippen LogP contribution in [0.3, 0.4) is 0 Å². The molecule has 24 heavy (non-hydrogen) atoms. The van der Waals surface area contributed by atoms with Gasteiger partial charge in [-0.2, -0.15) is 0 Å². The fourth-order valence-electron chi connectivity index (χ4n) is 2.38. The Morgan fingerprint density at radius 1 is 1.00 bits per heavy atom. The number of carbonyl (C=O) groups excluding carboxylic acids is 1. The summed E-state index contributed by atoms with van der Waals surface area (Å²) in [6.07, 6.45) is -0.592. The zero-order chi connectivity index (χ0) is 17.7. The molecule has 2 rings (SSSR count). The Morgan fingerprint density at radius 2 is 1.71 bits per heavy atom. The highest BCUT2D eigenvalue weighted by Gasteiger charge is 2.18. The van der Waals surface area contributed by atoms with Gasteiger partial charge in [-0.25, -0.2) is 0 Å². The molecule has 4 nitrogen and oxygen atoms in total. The lowest BCUT2D eigenvalue weighted by molar-refractivity contribution is -0.127. The van der Waals surface area contributed by atoms with E-state index in [0.717, 1.165) is 5.56 Å². The highest BCUT2D eigenvalue weighted by molar-refractivity contribution is 5.81. The number of hydrogen-bond donors (Lipinski definition) is 1. The van der Waals surface area contributed by atoms with Crippen LogP contribution in [0, 0.1) is 13.8 Å². The number of methoxy groups -OCH3 is 1. The molecule has 0 radical (unpaired) electrons. The van der Waals surface area contributed by atoms with Crippen LogP contribution < -0.4 is 14.8 Å². The van der Waals surface area contributed by atoms with Crippen LogP contribution in [0.5, 0.6) is 11.5 Å². The normalized spacial score (nSPS) is 13.0. The second-order valence-electron chi connectivity index (χ2n) is 6.01. The van der Waals surface area contributed by atoms with E-state index in [1.807, 2.05) is 25.1 Å². The number of rotatable bonds is 6. The van der Waals surface area contributed by atoms with Crippen LogP contribution in [-0.2, 0) is 4.79 Å². The number of benzene rings is 2. The Labute approximate surface area is 143 Å². The third-order valence-electron chi connectivity index (χ3n) is 4.11. The SMILES string of the molecule is COc1cccc(O[C@@H](C)C(=O)N[C@H](C)c2ccc(C)c(C)c2)c1. The maximum Gasteiger partial charge on any atom is 0.261 e. The van der Waals surface area contributed by atoms with Crippen LogP contribution in [0.15, 0.2) is 42.5 Å². The fraction of sp³-hybridized carbons (Fsp3) is 0.350. The summed E-state index contributed by atoms with van der Waals surface area (Å²) in [6, 6.07) is 13.4. The predicted octanol–water partition coefficient (Wildman–Crippen LogP) is 3.96. The molecule has 0 aromatic heterocycles. The zero-order valence-corrected chi connectivity index (χ0v) is 14.9. The van der Waals surface area contributed by atoms with Crippen LogP contribution in [0.1, 0.15) is 36.6 Å². The van der Waals surface area contributed by atoms with Crippen LogP contribution >= 0.6 is 0 Å². The second-order valence-corrected chi connectivity index (χ2v) is 6.01. The van der Waals surface area contributed by atoms with Crippen molar-refractivity contribution in [1.29, 1.82) is 0 Å². The molecular weight excluding hydrogens is 302 g/mol. The number of hydrogen-bond acceptors (Lipinski definition) is 3. The van der Waals surface area contributed by atoms with Gasteiger partial charge in [-0.05, 0) is 56.5 Å². The molecule has 1 amide bonds. The average molecular weight is 327 g/mol. The van der Waals surface area contributed by atoms with Gasteiger partial charge in [-0.3, -0.25) is 4.79 Å². The van der Waals surface area contributed by atoms with Crippen molar-refractivity contribution in [2.75, 3.05) is 7.11 Å². The standard InChI is InChI=1S/C20H25NO3/c1-13-9-10-17(11-14(13)2)15(3)21-20(22)16(4)24-19-8-6-7-18(12-19)23-5/h6-12,15-16H,1-5H3,(H,21,22)/t15-,16+/m1/s1. The lowest BCUT2D eigenvalue weighted by Crippen LogP contribution is -2.37. The first-order valence-electron chi connectivity index (χ1n) is 8.09. The van der Waals surface area contributed by atoms with Crippen LogP contribution in [0.2, 0.25) is 0 Å². The Kier molecular flexibility index (Phi) is 5.85. The Hall–Kier alpha value is -2.49. The molecular formula is C20H25NO3. The molecule has 0 saturated heterocycles. The Morgan fingerprint density at radius 3 is 2.38 bits per heavy atom. The quantitative estimate of drug-likeness (QED) is 0.874. The summed E-state index contributed by atoms with van der Waals surface area (Å²) in [5.41, 5.74) is 3.54. The van der Waals surface area contributed by atoms with E-state index < -0.39 is 6.10 Å². The van der Waals surface area contributed by atoms with Gasteiger partial charge in [0.25, 0.3) is 5.91 Å². The molecule has 0 aliphatic rings. The molecule has 2 aromatic rings. The van der Waals surface area contributed by atoms with Gasteiger partial charge in [0.1, 0.15) is 11.5 Å². The summed E-state index contributed by atoms with van der Waals surface area (Å²) in [7, 11) is 1.60. The molecule has 2 atom stereocenters. The van der Waals surface area contributed by atoms with Gasteiger partial charge >= 0.3 is 0 Å². The van der Waals surface area contributed by atoms with E-state index in [1.54, 1.807) is 26.2 Å². The van der Waals surface area contributed by atoms with Gasteiger partial charge in [0.05, 0.1) is 13.2 Å². The molecule has 128 valence electrons. The van der Waals surface area contributed by atoms with Crippen molar-refractivity contribution in [1.82, 2.24) is 5.32 Å². The van der Waals surface area contributed by atoms with E-state index in [-0.39, 0.29) is 11.9 Å². The molecule has 0 aliphatic heterocycles. The van der Waals surface area contributed by atoms with Crippen molar-refractivity contribution in [2.24, 2.45) is 0 Å². The van der Waals surface area contributed by atoms with Gasteiger partial charge in [-0.15, -0.1) is 0 Å². The van der Waals surface area contributed by atoms with Crippen LogP contribution in [-0.4, -0.2) is 19.1 Å². The molecule has 0 spiro atoms. The summed E-state index contributed by atoms with van der Waals surface area (Å²) in [5, 5.41) is 3.00. The minimum atomic E-state index is -0.592. The summed E-state index contributed by atoms with van der Waals surface area (Å²) in [4.78, 5) is 12.4. The Bertz CT molecular complexity index is 712. The first-order chi connectivity index (χ1) is 11.4. The second kappa shape index (κ2) is 7.86. The molecule has 0 saturated carbocycles. The molecule has 0 bridgehead atoms. The van der Waals surface area contributed by atoms with Crippen molar-refractivity contribution >= 4 is 5.91 Å². The molecule has 0 unspecified atom stereocenters. The van der Waals surface area contributed by atoms with Crippen LogP contribution in [0.4, 0.5) is 0 Å². The van der Waals surface area contributed by atoms with Crippen molar-refractivity contribution in [3.8, 4) is 11.5 Å². The van der Waals surface area contributed by atoms with Crippen molar-refractivity contribution in [3.05, 3.63) is 59.2 Å². The van der Waals surface area contributed by atoms with Crippen molar-refractivity contribution in [2.45, 2.75) is 39.8 Å². The maximum atomic E-state index is 12.4. The highest BCUT2D eigenvalue weighted by atomic mass is 16.5. The van der Waals surface area contributed by atoms with E-state index >= 15 is 0 Å². The summed E-state index contributed by atoms with van der Waals surface area (Å²) < 4.78 is 10.9. The molecule has 1 N–H and O–H groups in total. The highest BCUT2D eigenvalue weighted by Crippen LogP contribution is 2.21. The largest absolute Gasteiger partial charge is 0.497 e. The first-order valence-corrected chi connectivity index (χ1v) is 8.09. The molecule has 0 heterocycles. The van der Waals surface area contributed by atoms with Gasteiger partial charge < -0.3 is 14.8 Å². The molecule has 0 aliphatic carbocycles. The third kappa shape index (κ3) is 4.51. The van der Waals surface area contributed by atoms with E-state index in [9.17, 15) is 4.79 Å². The summed E-state index contributed by atoms with van der Waals surface area (Å²) >= 11 is 0. The van der Waals surface area contributed by atoms with Gasteiger partial charge in [0, 0.05) is 6.07 Å². The number of carbonyl (C=O) groups is 1. The number of nitrogens with one attached hydrogen (secondary N) is 1. The number of amides is 1. The summed E-state index contributed by atoms with van der Waals surface area (Å²) in [5.74, 6) is 1.16. The zero-order valence-electron chi connectivity index (χ0n) is 14.9. The number of aryl methyl sites for hydroxylation is 2. The molecule has 4 heteroatoms. The summed E-state index contributed by atoms with van der Waals surface area (Å²) in [6.45, 7) is 7.86. The first kappa shape index (κ1) is 17.9. The molecule has 0 fully saturated rings. The molecule has 2 aromatic carbocycles. The number of ether oxygens (including phenoxy) is 2. The van der Waals surface area contributed by atoms with E-state index in [0.29, 0.717) is 11.5 Å². The van der Waals surface area contributed by atoms with Gasteiger partial charge in [-0.1, -0.05) is 24.3 Å². The lowest BCUT2D eigenvalue weighted by Gasteiger charge is -2.20. The van der Waals surface area contributed by atoms with Crippen LogP contribution in [0.25, 0.3) is 0 Å². The lowest BCUT2D eigenvalue weighted by atomic mass is 10.0. The third-order valence-corrected chi connectivity index (χ3v) is 4.11. The van der Waals surface area contributed by atoms with Crippen molar-refractivity contribution in [3.63, 3.8) is 0 Å². The fourth-order valence-corrected chi connectivity index (χ4v) is 2.38. The topological polar surface area (TPSA) is 47.6 Å². The van der Waals surface area contributed by atoms with Gasteiger partial charge in [0.15, 0.2) is 6.10 Å². The maximum absolute atomic E-state index is 12.4.